The Morgan fingerprint density at radius 1 is 1.03 bits per heavy atom. The normalized spacial score (nSPS) is 14.0. The minimum Gasteiger partial charge on any atom is -0.484 e. The van der Waals surface area contributed by atoms with E-state index >= 15 is 0 Å². The van der Waals surface area contributed by atoms with Gasteiger partial charge in [-0.3, -0.25) is 14.4 Å². The van der Waals surface area contributed by atoms with Crippen LogP contribution < -0.4 is 10.1 Å². The Morgan fingerprint density at radius 2 is 1.79 bits per heavy atom. The molecular formula is C26H26N2O5. The molecule has 7 heteroatoms. The summed E-state index contributed by atoms with van der Waals surface area (Å²) in [5.74, 6) is 0.280. The van der Waals surface area contributed by atoms with Crippen LogP contribution in [0.2, 0.25) is 0 Å². The van der Waals surface area contributed by atoms with E-state index in [4.69, 9.17) is 9.15 Å². The molecule has 0 radical (unpaired) electrons. The first kappa shape index (κ1) is 22.3. The van der Waals surface area contributed by atoms with Crippen LogP contribution >= 0.6 is 0 Å². The second-order valence-electron chi connectivity index (χ2n) is 8.13. The number of carbonyl (C=O) groups excluding carboxylic acids is 3. The molecule has 0 unspecified atom stereocenters. The number of hydrogen-bond acceptors (Lipinski definition) is 5. The van der Waals surface area contributed by atoms with Crippen molar-refractivity contribution < 1.29 is 23.5 Å². The van der Waals surface area contributed by atoms with Gasteiger partial charge >= 0.3 is 0 Å². The minimum absolute atomic E-state index is 0.0628. The highest BCUT2D eigenvalue weighted by Gasteiger charge is 2.28. The summed E-state index contributed by atoms with van der Waals surface area (Å²) in [6.07, 6.45) is 2.72. The minimum atomic E-state index is -0.365. The molecule has 0 atom stereocenters. The first-order chi connectivity index (χ1) is 16.0. The van der Waals surface area contributed by atoms with Crippen molar-refractivity contribution in [2.45, 2.75) is 19.8 Å². The van der Waals surface area contributed by atoms with Gasteiger partial charge in [0.05, 0.1) is 6.26 Å². The van der Waals surface area contributed by atoms with E-state index in [-0.39, 0.29) is 35.9 Å². The number of anilines is 1. The number of furan rings is 1. The molecule has 1 fully saturated rings. The zero-order valence-corrected chi connectivity index (χ0v) is 18.5. The lowest BCUT2D eigenvalue weighted by Gasteiger charge is -2.31. The molecule has 1 N–H and O–H groups in total. The molecule has 0 aliphatic carbocycles. The van der Waals surface area contributed by atoms with Crippen molar-refractivity contribution in [1.29, 1.82) is 0 Å². The molecule has 1 saturated heterocycles. The Morgan fingerprint density at radius 3 is 2.48 bits per heavy atom. The number of benzene rings is 2. The van der Waals surface area contributed by atoms with Gasteiger partial charge in [0.2, 0.25) is 0 Å². The van der Waals surface area contributed by atoms with Crippen molar-refractivity contribution in [3.8, 4) is 5.75 Å². The summed E-state index contributed by atoms with van der Waals surface area (Å²) in [5, 5.41) is 2.73. The third-order valence-corrected chi connectivity index (χ3v) is 5.75. The molecule has 0 saturated carbocycles. The summed E-state index contributed by atoms with van der Waals surface area (Å²) in [5.41, 5.74) is 2.39. The van der Waals surface area contributed by atoms with Gasteiger partial charge in [-0.1, -0.05) is 35.9 Å². The lowest BCUT2D eigenvalue weighted by molar-refractivity contribution is -0.134. The van der Waals surface area contributed by atoms with Crippen molar-refractivity contribution in [3.05, 3.63) is 83.8 Å². The highest BCUT2D eigenvalue weighted by molar-refractivity contribution is 6.02. The second-order valence-corrected chi connectivity index (χ2v) is 8.13. The van der Waals surface area contributed by atoms with E-state index in [1.54, 1.807) is 41.3 Å². The topological polar surface area (TPSA) is 88.9 Å². The number of rotatable bonds is 7. The molecule has 3 aromatic rings. The fourth-order valence-corrected chi connectivity index (χ4v) is 3.85. The third-order valence-electron chi connectivity index (χ3n) is 5.75. The Kier molecular flexibility index (Phi) is 6.88. The van der Waals surface area contributed by atoms with E-state index in [0.717, 1.165) is 11.1 Å². The van der Waals surface area contributed by atoms with Crippen LogP contribution in [0.3, 0.4) is 0 Å². The molecule has 33 heavy (non-hydrogen) atoms. The average molecular weight is 447 g/mol. The summed E-state index contributed by atoms with van der Waals surface area (Å²) in [6, 6.07) is 17.7. The van der Waals surface area contributed by atoms with Crippen molar-refractivity contribution in [3.63, 3.8) is 0 Å². The van der Waals surface area contributed by atoms with E-state index < -0.39 is 0 Å². The van der Waals surface area contributed by atoms with Gasteiger partial charge in [-0.05, 0) is 44.0 Å². The molecule has 1 aliphatic heterocycles. The highest BCUT2D eigenvalue weighted by Crippen LogP contribution is 2.23. The first-order valence-corrected chi connectivity index (χ1v) is 11.0. The number of aryl methyl sites for hydroxylation is 1. The van der Waals surface area contributed by atoms with Gasteiger partial charge in [0.1, 0.15) is 5.75 Å². The van der Waals surface area contributed by atoms with Gasteiger partial charge in [-0.25, -0.2) is 0 Å². The molecule has 2 heterocycles. The lowest BCUT2D eigenvalue weighted by atomic mass is 9.88. The van der Waals surface area contributed by atoms with Crippen LogP contribution in [-0.4, -0.2) is 42.2 Å². The lowest BCUT2D eigenvalue weighted by Crippen LogP contribution is -2.42. The number of nitrogens with zero attached hydrogens (tertiary/aromatic N) is 1. The van der Waals surface area contributed by atoms with E-state index in [9.17, 15) is 14.4 Å². The number of ether oxygens (including phenoxy) is 1. The summed E-state index contributed by atoms with van der Waals surface area (Å²) >= 11 is 0. The third kappa shape index (κ3) is 5.68. The molecule has 0 bridgehead atoms. The predicted octanol–water partition coefficient (Wildman–Crippen LogP) is 4.34. The number of piperidine rings is 1. The molecule has 2 aromatic carbocycles. The molecule has 4 rings (SSSR count). The number of Topliss-reactive ketones (excluding diaryl/α,β-unsaturated/α-hetero) is 1. The maximum atomic E-state index is 12.7. The number of hydrogen-bond donors (Lipinski definition) is 1. The zero-order chi connectivity index (χ0) is 23.2. The molecular weight excluding hydrogens is 420 g/mol. The maximum absolute atomic E-state index is 12.7. The van der Waals surface area contributed by atoms with Gasteiger partial charge in [-0.15, -0.1) is 0 Å². The average Bonchev–Trinajstić information content (AvgIpc) is 3.38. The second kappa shape index (κ2) is 10.2. The van der Waals surface area contributed by atoms with E-state index in [1.165, 1.54) is 6.26 Å². The van der Waals surface area contributed by atoms with Crippen LogP contribution in [0.4, 0.5) is 5.69 Å². The number of nitrogens with one attached hydrogen (secondary N) is 1. The van der Waals surface area contributed by atoms with Crippen LogP contribution in [0.25, 0.3) is 0 Å². The van der Waals surface area contributed by atoms with E-state index in [2.05, 4.69) is 5.32 Å². The van der Waals surface area contributed by atoms with Crippen molar-refractivity contribution >= 4 is 23.3 Å². The Labute approximate surface area is 192 Å². The van der Waals surface area contributed by atoms with Crippen LogP contribution in [0.5, 0.6) is 5.75 Å². The van der Waals surface area contributed by atoms with Crippen LogP contribution in [0.15, 0.2) is 71.3 Å². The number of carbonyl (C=O) groups is 3. The van der Waals surface area contributed by atoms with E-state index in [1.807, 2.05) is 31.2 Å². The smallest absolute Gasteiger partial charge is 0.291 e. The quantitative estimate of drug-likeness (QED) is 0.546. The van der Waals surface area contributed by atoms with Crippen molar-refractivity contribution in [2.75, 3.05) is 25.0 Å². The fourth-order valence-electron chi connectivity index (χ4n) is 3.85. The monoisotopic (exact) mass is 446 g/mol. The van der Waals surface area contributed by atoms with Gasteiger partial charge < -0.3 is 19.4 Å². The van der Waals surface area contributed by atoms with Crippen LogP contribution in [0, 0.1) is 12.8 Å². The Balaban J connectivity index is 1.25. The van der Waals surface area contributed by atoms with Crippen molar-refractivity contribution in [2.24, 2.45) is 5.92 Å². The fraction of sp³-hybridized carbons (Fsp3) is 0.269. The molecule has 170 valence electrons. The summed E-state index contributed by atoms with van der Waals surface area (Å²) < 4.78 is 10.7. The van der Waals surface area contributed by atoms with Gasteiger partial charge in [0, 0.05) is 36.3 Å². The Bertz CT molecular complexity index is 1110. The van der Waals surface area contributed by atoms with Crippen LogP contribution in [0.1, 0.15) is 39.3 Å². The van der Waals surface area contributed by atoms with Gasteiger partial charge in [-0.2, -0.15) is 0 Å². The first-order valence-electron chi connectivity index (χ1n) is 11.0. The summed E-state index contributed by atoms with van der Waals surface area (Å²) in [4.78, 5) is 39.2. The summed E-state index contributed by atoms with van der Waals surface area (Å²) in [6.45, 7) is 2.95. The van der Waals surface area contributed by atoms with Gasteiger partial charge in [0.25, 0.3) is 11.8 Å². The number of ketones is 1. The molecule has 2 amide bonds. The highest BCUT2D eigenvalue weighted by atomic mass is 16.5. The van der Waals surface area contributed by atoms with Crippen LogP contribution in [-0.2, 0) is 4.79 Å². The maximum Gasteiger partial charge on any atom is 0.291 e. The zero-order valence-electron chi connectivity index (χ0n) is 18.5. The van der Waals surface area contributed by atoms with E-state index in [0.29, 0.717) is 37.4 Å². The number of likely N-dealkylation sites (tertiary alicyclic amines) is 1. The molecule has 1 aliphatic rings. The molecule has 7 nitrogen and oxygen atoms in total. The SMILES string of the molecule is Cc1ccc(C(=O)C2CCN(C(=O)COc3cccc(NC(=O)c4ccco4)c3)CC2)cc1. The predicted molar refractivity (Wildman–Crippen MR) is 123 cm³/mol. The van der Waals surface area contributed by atoms with Crippen molar-refractivity contribution in [1.82, 2.24) is 4.90 Å². The van der Waals surface area contributed by atoms with Gasteiger partial charge in [0.15, 0.2) is 18.2 Å². The summed E-state index contributed by atoms with van der Waals surface area (Å²) in [7, 11) is 0. The molecule has 1 aromatic heterocycles. The standard InChI is InChI=1S/C26H26N2O5/c1-18-7-9-19(10-8-18)25(30)20-11-13-28(14-12-20)24(29)17-33-22-5-2-4-21(16-22)27-26(31)23-6-3-15-32-23/h2-10,15-16,20H,11-14,17H2,1H3,(H,27,31). The Hall–Kier alpha value is -3.87. The molecule has 0 spiro atoms. The largest absolute Gasteiger partial charge is 0.484 e. The number of amides is 2.